The first-order chi connectivity index (χ1) is 8.10. The van der Waals surface area contributed by atoms with Crippen molar-refractivity contribution in [3.8, 4) is 0 Å². The van der Waals surface area contributed by atoms with Crippen molar-refractivity contribution >= 4 is 18.5 Å². The summed E-state index contributed by atoms with van der Waals surface area (Å²) in [5.41, 5.74) is 1.71. The van der Waals surface area contributed by atoms with Crippen LogP contribution < -0.4 is 0 Å². The summed E-state index contributed by atoms with van der Waals surface area (Å²) in [4.78, 5) is 15.0. The lowest BCUT2D eigenvalue weighted by atomic mass is 10.1. The van der Waals surface area contributed by atoms with Crippen LogP contribution in [-0.4, -0.2) is 23.9 Å². The van der Waals surface area contributed by atoms with Crippen LogP contribution in [0.4, 0.5) is 0 Å². The van der Waals surface area contributed by atoms with Crippen LogP contribution in [0.25, 0.3) is 0 Å². The molecule has 2 nitrogen and oxygen atoms in total. The van der Waals surface area contributed by atoms with E-state index in [9.17, 15) is 4.79 Å². The van der Waals surface area contributed by atoms with E-state index in [-0.39, 0.29) is 5.91 Å². The topological polar surface area (TPSA) is 20.3 Å². The highest BCUT2D eigenvalue weighted by molar-refractivity contribution is 7.80. The first kappa shape index (κ1) is 13.8. The monoisotopic (exact) mass is 249 g/mol. The van der Waals surface area contributed by atoms with Crippen LogP contribution in [0.1, 0.15) is 29.3 Å². The highest BCUT2D eigenvalue weighted by atomic mass is 32.1. The predicted octanol–water partition coefficient (Wildman–Crippen LogP) is 3.32. The number of amides is 1. The molecular formula is C14H19NOS. The summed E-state index contributed by atoms with van der Waals surface area (Å²) in [5, 5.41) is 0. The van der Waals surface area contributed by atoms with Gasteiger partial charge in [-0.05, 0) is 31.0 Å². The molecule has 0 bridgehead atoms. The number of benzene rings is 1. The number of thiol groups is 1. The Bertz CT molecular complexity index is 415. The van der Waals surface area contributed by atoms with Gasteiger partial charge in [-0.3, -0.25) is 4.79 Å². The van der Waals surface area contributed by atoms with Crippen LogP contribution in [0.2, 0.25) is 0 Å². The largest absolute Gasteiger partial charge is 0.335 e. The lowest BCUT2D eigenvalue weighted by Gasteiger charge is -2.21. The molecule has 1 aromatic rings. The Morgan fingerprint density at radius 3 is 2.82 bits per heavy atom. The minimum atomic E-state index is 0.0557. The third kappa shape index (κ3) is 3.63. The molecule has 3 heteroatoms. The second kappa shape index (κ2) is 6.50. The standard InChI is InChI=1S/C14H19NOS/c1-4-8-15(9-5-2)14(16)13-10-12(17)7-6-11(13)3/h4,6-7,10,17H,1,5,8-9H2,2-3H3. The van der Waals surface area contributed by atoms with Gasteiger partial charge < -0.3 is 4.90 Å². The third-order valence-corrected chi connectivity index (χ3v) is 2.86. The molecule has 0 atom stereocenters. The van der Waals surface area contributed by atoms with Crippen molar-refractivity contribution in [1.82, 2.24) is 4.90 Å². The molecular weight excluding hydrogens is 230 g/mol. The molecule has 0 N–H and O–H groups in total. The van der Waals surface area contributed by atoms with Crippen molar-refractivity contribution in [3.05, 3.63) is 42.0 Å². The van der Waals surface area contributed by atoms with Crippen LogP contribution in [0.5, 0.6) is 0 Å². The Kier molecular flexibility index (Phi) is 5.29. The number of hydrogen-bond donors (Lipinski definition) is 1. The van der Waals surface area contributed by atoms with Crippen molar-refractivity contribution in [2.24, 2.45) is 0 Å². The molecule has 0 aromatic heterocycles. The molecule has 0 aliphatic heterocycles. The lowest BCUT2D eigenvalue weighted by Crippen LogP contribution is -2.32. The van der Waals surface area contributed by atoms with E-state index in [1.807, 2.05) is 30.0 Å². The minimum absolute atomic E-state index is 0.0557. The molecule has 17 heavy (non-hydrogen) atoms. The summed E-state index contributed by atoms with van der Waals surface area (Å²) in [6, 6.07) is 5.65. The Balaban J connectivity index is 2.99. The maximum atomic E-state index is 12.3. The van der Waals surface area contributed by atoms with Crippen LogP contribution in [-0.2, 0) is 0 Å². The number of nitrogens with zero attached hydrogens (tertiary/aromatic N) is 1. The average Bonchev–Trinajstić information content (AvgIpc) is 2.31. The van der Waals surface area contributed by atoms with E-state index in [1.165, 1.54) is 0 Å². The maximum Gasteiger partial charge on any atom is 0.254 e. The molecule has 1 rings (SSSR count). The maximum absolute atomic E-state index is 12.3. The summed E-state index contributed by atoms with van der Waals surface area (Å²) >= 11 is 4.28. The highest BCUT2D eigenvalue weighted by Gasteiger charge is 2.15. The number of aryl methyl sites for hydroxylation is 1. The van der Waals surface area contributed by atoms with Crippen molar-refractivity contribution in [2.75, 3.05) is 13.1 Å². The first-order valence-electron chi connectivity index (χ1n) is 5.80. The van der Waals surface area contributed by atoms with Gasteiger partial charge in [0.1, 0.15) is 0 Å². The van der Waals surface area contributed by atoms with Gasteiger partial charge in [0.2, 0.25) is 0 Å². The molecule has 92 valence electrons. The lowest BCUT2D eigenvalue weighted by molar-refractivity contribution is 0.0773. The molecule has 0 fully saturated rings. The van der Waals surface area contributed by atoms with Gasteiger partial charge in [0, 0.05) is 23.5 Å². The van der Waals surface area contributed by atoms with Crippen LogP contribution in [0, 0.1) is 6.92 Å². The SMILES string of the molecule is C=CCN(CCC)C(=O)c1cc(S)ccc1C. The molecule has 0 radical (unpaired) electrons. The Morgan fingerprint density at radius 2 is 2.24 bits per heavy atom. The van der Waals surface area contributed by atoms with Crippen LogP contribution in [0.3, 0.4) is 0 Å². The Morgan fingerprint density at radius 1 is 1.53 bits per heavy atom. The van der Waals surface area contributed by atoms with Gasteiger partial charge in [-0.1, -0.05) is 19.1 Å². The summed E-state index contributed by atoms with van der Waals surface area (Å²) < 4.78 is 0. The van der Waals surface area contributed by atoms with Crippen molar-refractivity contribution in [2.45, 2.75) is 25.2 Å². The summed E-state index contributed by atoms with van der Waals surface area (Å²) in [6.07, 6.45) is 2.70. The van der Waals surface area contributed by atoms with Gasteiger partial charge in [-0.15, -0.1) is 19.2 Å². The van der Waals surface area contributed by atoms with Gasteiger partial charge in [0.25, 0.3) is 5.91 Å². The zero-order valence-corrected chi connectivity index (χ0v) is 11.3. The third-order valence-electron chi connectivity index (χ3n) is 2.58. The van der Waals surface area contributed by atoms with E-state index in [1.54, 1.807) is 6.08 Å². The number of carbonyl (C=O) groups excluding carboxylic acids is 1. The van der Waals surface area contributed by atoms with Crippen LogP contribution in [0.15, 0.2) is 35.7 Å². The van der Waals surface area contributed by atoms with Gasteiger partial charge in [-0.2, -0.15) is 0 Å². The smallest absolute Gasteiger partial charge is 0.254 e. The zero-order valence-electron chi connectivity index (χ0n) is 10.4. The fourth-order valence-corrected chi connectivity index (χ4v) is 1.92. The van der Waals surface area contributed by atoms with E-state index < -0.39 is 0 Å². The van der Waals surface area contributed by atoms with E-state index >= 15 is 0 Å². The fraction of sp³-hybridized carbons (Fsp3) is 0.357. The van der Waals surface area contributed by atoms with E-state index in [0.29, 0.717) is 6.54 Å². The molecule has 0 saturated carbocycles. The molecule has 0 saturated heterocycles. The van der Waals surface area contributed by atoms with Crippen molar-refractivity contribution < 1.29 is 4.79 Å². The quantitative estimate of drug-likeness (QED) is 0.627. The normalized spacial score (nSPS) is 10.1. The van der Waals surface area contributed by atoms with E-state index in [4.69, 9.17) is 0 Å². The van der Waals surface area contributed by atoms with E-state index in [0.717, 1.165) is 29.0 Å². The van der Waals surface area contributed by atoms with Gasteiger partial charge in [-0.25, -0.2) is 0 Å². The number of hydrogen-bond acceptors (Lipinski definition) is 2. The average molecular weight is 249 g/mol. The number of carbonyl (C=O) groups is 1. The second-order valence-electron chi connectivity index (χ2n) is 4.04. The summed E-state index contributed by atoms with van der Waals surface area (Å²) in [6.45, 7) is 9.03. The minimum Gasteiger partial charge on any atom is -0.335 e. The fourth-order valence-electron chi connectivity index (χ4n) is 1.71. The summed E-state index contributed by atoms with van der Waals surface area (Å²) in [5.74, 6) is 0.0557. The molecule has 0 aliphatic carbocycles. The van der Waals surface area contributed by atoms with Gasteiger partial charge in [0.15, 0.2) is 0 Å². The predicted molar refractivity (Wildman–Crippen MR) is 74.8 cm³/mol. The zero-order chi connectivity index (χ0) is 12.8. The molecule has 0 unspecified atom stereocenters. The van der Waals surface area contributed by atoms with Crippen molar-refractivity contribution in [3.63, 3.8) is 0 Å². The second-order valence-corrected chi connectivity index (χ2v) is 4.56. The highest BCUT2D eigenvalue weighted by Crippen LogP contribution is 2.16. The summed E-state index contributed by atoms with van der Waals surface area (Å²) in [7, 11) is 0. The van der Waals surface area contributed by atoms with Crippen LogP contribution >= 0.6 is 12.6 Å². The van der Waals surface area contributed by atoms with E-state index in [2.05, 4.69) is 26.1 Å². The Hall–Kier alpha value is -1.22. The molecule has 1 amide bonds. The van der Waals surface area contributed by atoms with Gasteiger partial charge in [0.05, 0.1) is 0 Å². The molecule has 0 aliphatic rings. The number of rotatable bonds is 5. The molecule has 0 spiro atoms. The van der Waals surface area contributed by atoms with Gasteiger partial charge >= 0.3 is 0 Å². The molecule has 0 heterocycles. The Labute approximate surface area is 109 Å². The first-order valence-corrected chi connectivity index (χ1v) is 6.24. The van der Waals surface area contributed by atoms with Crippen molar-refractivity contribution in [1.29, 1.82) is 0 Å². The molecule has 1 aromatic carbocycles.